The van der Waals surface area contributed by atoms with Crippen LogP contribution in [0.4, 0.5) is 0 Å². The van der Waals surface area contributed by atoms with Crippen LogP contribution in [-0.4, -0.2) is 35.4 Å². The van der Waals surface area contributed by atoms with Crippen LogP contribution in [0.1, 0.15) is 12.8 Å². The maximum Gasteiger partial charge on any atom is 0.207 e. The van der Waals surface area contributed by atoms with E-state index in [9.17, 15) is 0 Å². The number of hydrogen-bond donors (Lipinski definition) is 0. The third-order valence-electron chi connectivity index (χ3n) is 5.15. The van der Waals surface area contributed by atoms with Gasteiger partial charge in [-0.15, -0.1) is 0 Å². The van der Waals surface area contributed by atoms with Gasteiger partial charge in [0.25, 0.3) is 0 Å². The number of nitrogens with zero attached hydrogens (tertiary/aromatic N) is 1. The van der Waals surface area contributed by atoms with E-state index in [1.54, 1.807) is 0 Å². The number of fused-ring (bicyclic) bond motifs is 1. The minimum absolute atomic E-state index is 0.247. The highest BCUT2D eigenvalue weighted by Gasteiger charge is 2.46. The number of hydrogen-bond acceptors (Lipinski definition) is 2. The topological polar surface area (TPSA) is 12.5 Å². The van der Waals surface area contributed by atoms with Gasteiger partial charge in [0.05, 0.1) is 6.10 Å². The lowest BCUT2D eigenvalue weighted by atomic mass is 10.1. The molecule has 2 saturated heterocycles. The molecule has 3 atom stereocenters. The van der Waals surface area contributed by atoms with Crippen molar-refractivity contribution in [3.63, 3.8) is 0 Å². The van der Waals surface area contributed by atoms with Crippen LogP contribution < -0.4 is 0 Å². The summed E-state index contributed by atoms with van der Waals surface area (Å²) in [5.41, 5.74) is 0. The fourth-order valence-electron chi connectivity index (χ4n) is 3.83. The van der Waals surface area contributed by atoms with Crippen LogP contribution in [0.5, 0.6) is 0 Å². The van der Waals surface area contributed by atoms with Crippen molar-refractivity contribution in [3.8, 4) is 0 Å². The molecule has 128 valence electrons. The molecule has 0 aromatic heterocycles. The minimum atomic E-state index is -1.14. The molecule has 0 aliphatic carbocycles. The van der Waals surface area contributed by atoms with Crippen molar-refractivity contribution in [2.75, 3.05) is 18.6 Å². The maximum absolute atomic E-state index is 6.51. The molecule has 1 unspecified atom stereocenters. The Hall–Kier alpha value is -0.570. The minimum Gasteiger partial charge on any atom is -0.326 e. The van der Waals surface area contributed by atoms with Crippen molar-refractivity contribution in [1.82, 2.24) is 4.67 Å². The van der Waals surface area contributed by atoms with Gasteiger partial charge in [-0.3, -0.25) is 0 Å². The summed E-state index contributed by atoms with van der Waals surface area (Å²) < 4.78 is 8.64. The number of rotatable bonds is 4. The Bertz CT molecular complexity index is 647. The first-order chi connectivity index (χ1) is 11.7. The Morgan fingerprint density at radius 3 is 2.25 bits per heavy atom. The molecule has 2 nitrogen and oxygen atoms in total. The van der Waals surface area contributed by atoms with Gasteiger partial charge in [-0.05, 0) is 64.4 Å². The van der Waals surface area contributed by atoms with E-state index in [2.05, 4.69) is 71.6 Å². The molecule has 2 aliphatic rings. The zero-order valence-corrected chi connectivity index (χ0v) is 16.3. The first kappa shape index (κ1) is 16.9. The van der Waals surface area contributed by atoms with Crippen LogP contribution in [-0.2, 0) is 4.52 Å². The molecule has 24 heavy (non-hydrogen) atoms. The first-order valence-corrected chi connectivity index (χ1v) is 12.8. The van der Waals surface area contributed by atoms with E-state index in [4.69, 9.17) is 15.8 Å². The molecule has 2 fully saturated rings. The summed E-state index contributed by atoms with van der Waals surface area (Å²) in [5.74, 6) is 1.05. The second-order valence-electron chi connectivity index (χ2n) is 6.62. The fourth-order valence-corrected chi connectivity index (χ4v) is 9.28. The van der Waals surface area contributed by atoms with Crippen molar-refractivity contribution in [3.05, 3.63) is 60.7 Å². The van der Waals surface area contributed by atoms with Gasteiger partial charge in [-0.2, -0.15) is 10.0 Å². The van der Waals surface area contributed by atoms with E-state index in [1.165, 1.54) is 22.6 Å². The predicted octanol–water partition coefficient (Wildman–Crippen LogP) is 5.87. The normalized spacial score (nSPS) is 28.0. The summed E-state index contributed by atoms with van der Waals surface area (Å²) in [4.78, 5) is 2.85. The third-order valence-corrected chi connectivity index (χ3v) is 10.9. The summed E-state index contributed by atoms with van der Waals surface area (Å²) in [6, 6.07) is 22.4. The van der Waals surface area contributed by atoms with Crippen LogP contribution in [0.15, 0.2) is 70.5 Å². The highest BCUT2D eigenvalue weighted by molar-refractivity contribution is 8.33. The van der Waals surface area contributed by atoms with Crippen LogP contribution in [0.3, 0.4) is 0 Å². The van der Waals surface area contributed by atoms with Crippen LogP contribution in [0.25, 0.3) is 0 Å². The largest absolute Gasteiger partial charge is 0.326 e. The smallest absolute Gasteiger partial charge is 0.207 e. The quantitative estimate of drug-likeness (QED) is 0.616. The van der Waals surface area contributed by atoms with E-state index in [-0.39, 0.29) is 6.10 Å². The molecule has 0 radical (unpaired) electrons. The van der Waals surface area contributed by atoms with Crippen molar-refractivity contribution < 1.29 is 4.52 Å². The lowest BCUT2D eigenvalue weighted by molar-refractivity contribution is 0.237. The standard InChI is InChI=1S/C19H23ClNOPS/c1-24(16-9-4-2-5-10-16,17-11-6-3-7-12-17)15-19-18-13-8-14-21(18)23(20)22-19/h2-7,9-12,18-19H,8,13-15H2,1H3/t18-,19+,23?/m1/s1. The van der Waals surface area contributed by atoms with Crippen LogP contribution in [0, 0.1) is 0 Å². The molecular formula is C19H23ClNOPS. The summed E-state index contributed by atoms with van der Waals surface area (Å²) in [7, 11) is -2.06. The van der Waals surface area contributed by atoms with Gasteiger partial charge in [-0.25, -0.2) is 4.67 Å². The second kappa shape index (κ2) is 6.97. The van der Waals surface area contributed by atoms with Gasteiger partial charge in [0, 0.05) is 18.3 Å². The summed E-state index contributed by atoms with van der Waals surface area (Å²) >= 11 is 6.51. The summed E-state index contributed by atoms with van der Waals surface area (Å²) in [6.07, 6.45) is 5.14. The zero-order valence-electron chi connectivity index (χ0n) is 13.8. The molecule has 0 amide bonds. The molecular weight excluding hydrogens is 357 g/mol. The Labute approximate surface area is 152 Å². The van der Waals surface area contributed by atoms with Crippen LogP contribution >= 0.6 is 28.9 Å². The Morgan fingerprint density at radius 2 is 1.67 bits per heavy atom. The van der Waals surface area contributed by atoms with E-state index in [0.717, 1.165) is 12.3 Å². The van der Waals surface area contributed by atoms with E-state index < -0.39 is 17.7 Å². The molecule has 2 aromatic rings. The lowest BCUT2D eigenvalue weighted by Gasteiger charge is -2.39. The van der Waals surface area contributed by atoms with Crippen molar-refractivity contribution in [2.45, 2.75) is 34.8 Å². The maximum atomic E-state index is 6.51. The van der Waals surface area contributed by atoms with Crippen molar-refractivity contribution >= 4 is 28.9 Å². The molecule has 2 heterocycles. The Morgan fingerprint density at radius 1 is 1.08 bits per heavy atom. The van der Waals surface area contributed by atoms with Gasteiger partial charge < -0.3 is 4.52 Å². The molecule has 0 spiro atoms. The van der Waals surface area contributed by atoms with Crippen LogP contribution in [0.2, 0.25) is 0 Å². The molecule has 2 aliphatic heterocycles. The molecule has 0 bridgehead atoms. The Balaban J connectivity index is 1.69. The zero-order chi connectivity index (χ0) is 16.6. The first-order valence-electron chi connectivity index (χ1n) is 8.44. The Kier molecular flexibility index (Phi) is 4.90. The van der Waals surface area contributed by atoms with E-state index >= 15 is 0 Å². The monoisotopic (exact) mass is 379 g/mol. The molecule has 5 heteroatoms. The van der Waals surface area contributed by atoms with Crippen molar-refractivity contribution in [1.29, 1.82) is 0 Å². The van der Waals surface area contributed by atoms with E-state index in [0.29, 0.717) is 6.04 Å². The van der Waals surface area contributed by atoms with Gasteiger partial charge in [0.1, 0.15) is 0 Å². The van der Waals surface area contributed by atoms with Gasteiger partial charge in [0.2, 0.25) is 7.65 Å². The SMILES string of the molecule is CS(C[C@@H]1OP(Cl)N2CCC[C@H]12)(c1ccccc1)c1ccccc1. The molecule has 0 saturated carbocycles. The predicted molar refractivity (Wildman–Crippen MR) is 105 cm³/mol. The fraction of sp³-hybridized carbons (Fsp3) is 0.368. The number of benzene rings is 2. The molecule has 4 rings (SSSR count). The summed E-state index contributed by atoms with van der Waals surface area (Å²) in [5, 5.41) is 0. The second-order valence-corrected chi connectivity index (χ2v) is 12.1. The highest BCUT2D eigenvalue weighted by Crippen LogP contribution is 2.65. The van der Waals surface area contributed by atoms with E-state index in [1.807, 2.05) is 0 Å². The third kappa shape index (κ3) is 3.02. The highest BCUT2D eigenvalue weighted by atomic mass is 35.7. The lowest BCUT2D eigenvalue weighted by Crippen LogP contribution is -2.32. The van der Waals surface area contributed by atoms with Gasteiger partial charge >= 0.3 is 0 Å². The summed E-state index contributed by atoms with van der Waals surface area (Å²) in [6.45, 7) is 1.10. The molecule has 0 N–H and O–H groups in total. The average Bonchev–Trinajstić information content (AvgIpc) is 3.22. The van der Waals surface area contributed by atoms with Gasteiger partial charge in [-0.1, -0.05) is 36.4 Å². The molecule has 2 aromatic carbocycles. The number of halogens is 1. The van der Waals surface area contributed by atoms with Crippen molar-refractivity contribution in [2.24, 2.45) is 0 Å². The average molecular weight is 380 g/mol. The van der Waals surface area contributed by atoms with Gasteiger partial charge in [0.15, 0.2) is 0 Å².